The zero-order valence-corrected chi connectivity index (χ0v) is 8.97. The molecule has 84 valence electrons. The molecule has 1 aromatic rings. The van der Waals surface area contributed by atoms with Crippen LogP contribution in [0.25, 0.3) is 0 Å². The second kappa shape index (κ2) is 5.71. The Morgan fingerprint density at radius 2 is 2.38 bits per heavy atom. The average Bonchev–Trinajstić information content (AvgIpc) is 2.29. The van der Waals surface area contributed by atoms with Gasteiger partial charge in [-0.1, -0.05) is 19.3 Å². The molecule has 0 aliphatic carbocycles. The number of rotatable bonds is 5. The average molecular weight is 219 g/mol. The van der Waals surface area contributed by atoms with Crippen LogP contribution in [-0.4, -0.2) is 27.3 Å². The summed E-state index contributed by atoms with van der Waals surface area (Å²) in [5.74, 6) is 1.98. The molecule has 2 N–H and O–H groups in total. The van der Waals surface area contributed by atoms with E-state index in [0.29, 0.717) is 5.82 Å². The maximum atomic E-state index is 10.5. The molecule has 0 aliphatic rings. The van der Waals surface area contributed by atoms with Crippen molar-refractivity contribution in [2.24, 2.45) is 0 Å². The van der Waals surface area contributed by atoms with E-state index in [0.717, 1.165) is 12.8 Å². The lowest BCUT2D eigenvalue weighted by Crippen LogP contribution is -2.18. The standard InChI is InChI=1S/C11H13N3O2/c1-3-5-8(4-2)12-10-7-6-9(11(15)16)13-14-10/h2,6-8H,3,5H2,1H3,(H,12,14)(H,15,16). The summed E-state index contributed by atoms with van der Waals surface area (Å²) < 4.78 is 0. The highest BCUT2D eigenvalue weighted by atomic mass is 16.4. The number of nitrogens with one attached hydrogen (secondary N) is 1. The van der Waals surface area contributed by atoms with Crippen LogP contribution in [0.2, 0.25) is 0 Å². The Kier molecular flexibility index (Phi) is 4.28. The van der Waals surface area contributed by atoms with Gasteiger partial charge in [0.15, 0.2) is 5.69 Å². The van der Waals surface area contributed by atoms with Crippen LogP contribution in [0, 0.1) is 12.3 Å². The topological polar surface area (TPSA) is 75.1 Å². The molecule has 0 aliphatic heterocycles. The number of nitrogens with zero attached hydrogens (tertiary/aromatic N) is 2. The minimum Gasteiger partial charge on any atom is -0.476 e. The molecule has 1 heterocycles. The molecule has 0 amide bonds. The number of aromatic nitrogens is 2. The molecular weight excluding hydrogens is 206 g/mol. The van der Waals surface area contributed by atoms with Crippen LogP contribution in [0.15, 0.2) is 12.1 Å². The number of hydrogen-bond acceptors (Lipinski definition) is 4. The number of terminal acetylenes is 1. The minimum absolute atomic E-state index is 0.0849. The lowest BCUT2D eigenvalue weighted by Gasteiger charge is -2.11. The van der Waals surface area contributed by atoms with Gasteiger partial charge in [0.1, 0.15) is 5.82 Å². The Hall–Kier alpha value is -2.09. The van der Waals surface area contributed by atoms with Gasteiger partial charge in [0.25, 0.3) is 0 Å². The monoisotopic (exact) mass is 219 g/mol. The highest BCUT2D eigenvalue weighted by molar-refractivity contribution is 5.85. The molecule has 0 radical (unpaired) electrons. The summed E-state index contributed by atoms with van der Waals surface area (Å²) in [6, 6.07) is 2.84. The summed E-state index contributed by atoms with van der Waals surface area (Å²) >= 11 is 0. The predicted molar refractivity (Wildman–Crippen MR) is 60.1 cm³/mol. The van der Waals surface area contributed by atoms with Crippen molar-refractivity contribution in [1.29, 1.82) is 0 Å². The molecule has 0 saturated heterocycles. The van der Waals surface area contributed by atoms with Gasteiger partial charge in [-0.25, -0.2) is 4.79 Å². The summed E-state index contributed by atoms with van der Waals surface area (Å²) in [4.78, 5) is 10.5. The quantitative estimate of drug-likeness (QED) is 0.732. The van der Waals surface area contributed by atoms with E-state index < -0.39 is 5.97 Å². The van der Waals surface area contributed by atoms with E-state index in [1.54, 1.807) is 6.07 Å². The number of carbonyl (C=O) groups is 1. The van der Waals surface area contributed by atoms with E-state index in [1.165, 1.54) is 6.07 Å². The minimum atomic E-state index is -1.10. The van der Waals surface area contributed by atoms with Gasteiger partial charge in [-0.3, -0.25) is 0 Å². The second-order valence-electron chi connectivity index (χ2n) is 3.26. The third-order valence-electron chi connectivity index (χ3n) is 1.98. The molecule has 0 saturated carbocycles. The highest BCUT2D eigenvalue weighted by Crippen LogP contribution is 2.06. The molecule has 5 heteroatoms. The van der Waals surface area contributed by atoms with Crippen LogP contribution in [0.5, 0.6) is 0 Å². The van der Waals surface area contributed by atoms with Crippen LogP contribution >= 0.6 is 0 Å². The zero-order valence-electron chi connectivity index (χ0n) is 8.97. The third kappa shape index (κ3) is 3.24. The Labute approximate surface area is 93.9 Å². The maximum absolute atomic E-state index is 10.5. The Balaban J connectivity index is 2.68. The molecule has 0 spiro atoms. The van der Waals surface area contributed by atoms with Gasteiger partial charge >= 0.3 is 5.97 Å². The largest absolute Gasteiger partial charge is 0.476 e. The van der Waals surface area contributed by atoms with Gasteiger partial charge in [-0.2, -0.15) is 0 Å². The predicted octanol–water partition coefficient (Wildman–Crippen LogP) is 1.39. The van der Waals surface area contributed by atoms with Crippen LogP contribution < -0.4 is 5.32 Å². The van der Waals surface area contributed by atoms with Gasteiger partial charge in [-0.15, -0.1) is 16.6 Å². The number of carboxylic acid groups (broad SMARTS) is 1. The van der Waals surface area contributed by atoms with Crippen molar-refractivity contribution in [2.45, 2.75) is 25.8 Å². The Morgan fingerprint density at radius 3 is 2.81 bits per heavy atom. The molecule has 0 fully saturated rings. The van der Waals surface area contributed by atoms with Gasteiger partial charge in [-0.05, 0) is 18.6 Å². The Bertz CT molecular complexity index is 395. The SMILES string of the molecule is C#CC(CCC)Nc1ccc(C(=O)O)nn1. The molecule has 16 heavy (non-hydrogen) atoms. The fraction of sp³-hybridized carbons (Fsp3) is 0.364. The smallest absolute Gasteiger partial charge is 0.356 e. The normalized spacial score (nSPS) is 11.5. The zero-order chi connectivity index (χ0) is 12.0. The highest BCUT2D eigenvalue weighted by Gasteiger charge is 2.07. The van der Waals surface area contributed by atoms with Crippen molar-refractivity contribution >= 4 is 11.8 Å². The number of anilines is 1. The first-order chi connectivity index (χ1) is 7.67. The summed E-state index contributed by atoms with van der Waals surface area (Å²) in [7, 11) is 0. The van der Waals surface area contributed by atoms with Crippen LogP contribution in [-0.2, 0) is 0 Å². The van der Waals surface area contributed by atoms with Gasteiger partial charge in [0.2, 0.25) is 0 Å². The molecule has 5 nitrogen and oxygen atoms in total. The van der Waals surface area contributed by atoms with Crippen molar-refractivity contribution in [1.82, 2.24) is 10.2 Å². The second-order valence-corrected chi connectivity index (χ2v) is 3.26. The van der Waals surface area contributed by atoms with E-state index in [9.17, 15) is 4.79 Å². The molecular formula is C11H13N3O2. The lowest BCUT2D eigenvalue weighted by molar-refractivity contribution is 0.0689. The number of carboxylic acids is 1. The van der Waals surface area contributed by atoms with E-state index in [4.69, 9.17) is 11.5 Å². The van der Waals surface area contributed by atoms with Crippen molar-refractivity contribution in [3.05, 3.63) is 17.8 Å². The first-order valence-electron chi connectivity index (χ1n) is 4.97. The van der Waals surface area contributed by atoms with Crippen molar-refractivity contribution < 1.29 is 9.90 Å². The van der Waals surface area contributed by atoms with Crippen LogP contribution in [0.4, 0.5) is 5.82 Å². The summed E-state index contributed by atoms with van der Waals surface area (Å²) in [6.07, 6.45) is 7.12. The van der Waals surface area contributed by atoms with Gasteiger partial charge in [0, 0.05) is 0 Å². The van der Waals surface area contributed by atoms with Crippen molar-refractivity contribution in [2.75, 3.05) is 5.32 Å². The first-order valence-corrected chi connectivity index (χ1v) is 4.97. The van der Waals surface area contributed by atoms with E-state index in [1.807, 2.05) is 6.92 Å². The Morgan fingerprint density at radius 1 is 1.62 bits per heavy atom. The van der Waals surface area contributed by atoms with Crippen LogP contribution in [0.3, 0.4) is 0 Å². The van der Waals surface area contributed by atoms with Gasteiger partial charge < -0.3 is 10.4 Å². The third-order valence-corrected chi connectivity index (χ3v) is 1.98. The fourth-order valence-corrected chi connectivity index (χ4v) is 1.19. The van der Waals surface area contributed by atoms with E-state index in [-0.39, 0.29) is 11.7 Å². The molecule has 1 atom stereocenters. The molecule has 1 rings (SSSR count). The molecule has 1 aromatic heterocycles. The lowest BCUT2D eigenvalue weighted by atomic mass is 10.2. The molecule has 0 aromatic carbocycles. The first kappa shape index (κ1) is 12.0. The molecule has 0 bridgehead atoms. The summed E-state index contributed by atoms with van der Waals surface area (Å²) in [6.45, 7) is 2.03. The van der Waals surface area contributed by atoms with E-state index >= 15 is 0 Å². The van der Waals surface area contributed by atoms with E-state index in [2.05, 4.69) is 21.4 Å². The summed E-state index contributed by atoms with van der Waals surface area (Å²) in [5.41, 5.74) is -0.0849. The number of hydrogen-bond donors (Lipinski definition) is 2. The number of aromatic carboxylic acids is 1. The molecule has 1 unspecified atom stereocenters. The fourth-order valence-electron chi connectivity index (χ4n) is 1.19. The summed E-state index contributed by atoms with van der Waals surface area (Å²) in [5, 5.41) is 18.9. The van der Waals surface area contributed by atoms with Crippen LogP contribution in [0.1, 0.15) is 30.3 Å². The van der Waals surface area contributed by atoms with Crippen molar-refractivity contribution in [3.63, 3.8) is 0 Å². The van der Waals surface area contributed by atoms with Crippen molar-refractivity contribution in [3.8, 4) is 12.3 Å². The van der Waals surface area contributed by atoms with Gasteiger partial charge in [0.05, 0.1) is 6.04 Å². The maximum Gasteiger partial charge on any atom is 0.356 e.